The van der Waals surface area contributed by atoms with Crippen LogP contribution in [0, 0.1) is 18.3 Å². The van der Waals surface area contributed by atoms with Crippen molar-refractivity contribution in [2.45, 2.75) is 6.92 Å². The lowest BCUT2D eigenvalue weighted by Gasteiger charge is -2.07. The van der Waals surface area contributed by atoms with E-state index in [0.717, 1.165) is 5.56 Å². The fourth-order valence-corrected chi connectivity index (χ4v) is 3.80. The highest BCUT2D eigenvalue weighted by atomic mass is 16.5. The van der Waals surface area contributed by atoms with E-state index in [2.05, 4.69) is 73.1 Å². The molecule has 0 radical (unpaired) electrons. The second-order valence-electron chi connectivity index (χ2n) is 6.57. The summed E-state index contributed by atoms with van der Waals surface area (Å²) in [4.78, 5) is 0. The molecule has 0 unspecified atom stereocenters. The largest absolute Gasteiger partial charge is 0.479 e. The van der Waals surface area contributed by atoms with Crippen molar-refractivity contribution in [3.63, 3.8) is 0 Å². The van der Waals surface area contributed by atoms with Gasteiger partial charge in [-0.2, -0.15) is 5.26 Å². The Morgan fingerprint density at radius 2 is 1.63 bits per heavy atom. The molecular weight excluding hydrogens is 332 g/mol. The minimum Gasteiger partial charge on any atom is -0.479 e. The smallest absolute Gasteiger partial charge is 0.174 e. The summed E-state index contributed by atoms with van der Waals surface area (Å²) in [6.07, 6.45) is 0. The molecule has 1 aromatic heterocycles. The molecule has 3 heteroatoms. The van der Waals surface area contributed by atoms with Crippen LogP contribution in [0.25, 0.3) is 33.3 Å². The number of nitrogens with zero attached hydrogens (tertiary/aromatic N) is 2. The molecule has 4 aromatic rings. The number of fused-ring (bicyclic) bond motifs is 1. The van der Waals surface area contributed by atoms with Crippen molar-refractivity contribution in [1.82, 2.24) is 4.57 Å². The zero-order valence-electron chi connectivity index (χ0n) is 15.4. The maximum absolute atomic E-state index is 8.65. The van der Waals surface area contributed by atoms with E-state index in [1.807, 2.05) is 24.3 Å². The molecule has 3 nitrogen and oxygen atoms in total. The summed E-state index contributed by atoms with van der Waals surface area (Å²) in [5.74, 6) is 0.710. The predicted octanol–water partition coefficient (Wildman–Crippen LogP) is 5.72. The maximum atomic E-state index is 8.65. The van der Waals surface area contributed by atoms with Gasteiger partial charge in [0.15, 0.2) is 6.61 Å². The first-order chi connectivity index (χ1) is 13.2. The first kappa shape index (κ1) is 16.9. The lowest BCUT2D eigenvalue weighted by atomic mass is 9.98. The number of benzene rings is 3. The van der Waals surface area contributed by atoms with E-state index in [1.54, 1.807) is 0 Å². The minimum absolute atomic E-state index is 0.0627. The number of hydrogen-bond acceptors (Lipinski definition) is 2. The van der Waals surface area contributed by atoms with Crippen LogP contribution in [0.5, 0.6) is 5.75 Å². The summed E-state index contributed by atoms with van der Waals surface area (Å²) >= 11 is 0. The monoisotopic (exact) mass is 352 g/mol. The highest BCUT2D eigenvalue weighted by Gasteiger charge is 2.16. The number of ether oxygens (including phenoxy) is 1. The summed E-state index contributed by atoms with van der Waals surface area (Å²) in [5.41, 5.74) is 7.30. The molecule has 1 heterocycles. The average molecular weight is 352 g/mol. The standard InChI is InChI=1S/C24H20N2O/c1-17-23-21(18-11-13-20(14-12-18)27-16-15-25)9-6-10-22(23)26(2)24(17)19-7-4-3-5-8-19/h3-14H,16H2,1-2H3. The second-order valence-corrected chi connectivity index (χ2v) is 6.57. The van der Waals surface area contributed by atoms with Crippen molar-refractivity contribution < 1.29 is 4.74 Å². The molecule has 0 aliphatic rings. The van der Waals surface area contributed by atoms with E-state index >= 15 is 0 Å². The summed E-state index contributed by atoms with van der Waals surface area (Å²) < 4.78 is 7.64. The minimum atomic E-state index is 0.0627. The molecule has 0 saturated heterocycles. The summed E-state index contributed by atoms with van der Waals surface area (Å²) in [5, 5.41) is 9.92. The Morgan fingerprint density at radius 3 is 2.33 bits per heavy atom. The molecule has 0 fully saturated rings. The van der Waals surface area contributed by atoms with Gasteiger partial charge in [0.05, 0.1) is 5.69 Å². The van der Waals surface area contributed by atoms with E-state index < -0.39 is 0 Å². The van der Waals surface area contributed by atoms with Gasteiger partial charge in [-0.25, -0.2) is 0 Å². The van der Waals surface area contributed by atoms with Gasteiger partial charge < -0.3 is 9.30 Å². The van der Waals surface area contributed by atoms with Crippen molar-refractivity contribution in [2.24, 2.45) is 7.05 Å². The molecule has 0 atom stereocenters. The highest BCUT2D eigenvalue weighted by molar-refractivity contribution is 6.02. The molecule has 0 aliphatic heterocycles. The van der Waals surface area contributed by atoms with Crippen LogP contribution in [0.4, 0.5) is 0 Å². The summed E-state index contributed by atoms with van der Waals surface area (Å²) in [6.45, 7) is 2.26. The Hall–Kier alpha value is -3.51. The van der Waals surface area contributed by atoms with Crippen molar-refractivity contribution in [1.29, 1.82) is 5.26 Å². The summed E-state index contributed by atoms with van der Waals surface area (Å²) in [6, 6.07) is 26.9. The van der Waals surface area contributed by atoms with Crippen molar-refractivity contribution >= 4 is 10.9 Å². The SMILES string of the molecule is Cc1c(-c2ccccc2)n(C)c2cccc(-c3ccc(OCC#N)cc3)c12. The lowest BCUT2D eigenvalue weighted by molar-refractivity contribution is 0.368. The van der Waals surface area contributed by atoms with Gasteiger partial charge in [0.2, 0.25) is 0 Å². The molecule has 0 saturated carbocycles. The van der Waals surface area contributed by atoms with Crippen LogP contribution < -0.4 is 4.74 Å². The number of aryl methyl sites for hydroxylation is 2. The summed E-state index contributed by atoms with van der Waals surface area (Å²) in [7, 11) is 2.13. The molecule has 0 N–H and O–H groups in total. The molecule has 0 amide bonds. The Morgan fingerprint density at radius 1 is 0.889 bits per heavy atom. The van der Waals surface area contributed by atoms with E-state index in [0.29, 0.717) is 5.75 Å². The van der Waals surface area contributed by atoms with Crippen LogP contribution in [-0.2, 0) is 7.05 Å². The zero-order valence-corrected chi connectivity index (χ0v) is 15.4. The van der Waals surface area contributed by atoms with Gasteiger partial charge in [0.25, 0.3) is 0 Å². The van der Waals surface area contributed by atoms with Crippen LogP contribution in [0.1, 0.15) is 5.56 Å². The van der Waals surface area contributed by atoms with Crippen LogP contribution >= 0.6 is 0 Å². The van der Waals surface area contributed by atoms with Crippen molar-refractivity contribution in [2.75, 3.05) is 6.61 Å². The molecule has 4 rings (SSSR count). The Kier molecular flexibility index (Phi) is 4.40. The quantitative estimate of drug-likeness (QED) is 0.471. The Labute approximate surface area is 159 Å². The first-order valence-corrected chi connectivity index (χ1v) is 8.94. The van der Waals surface area contributed by atoms with Crippen LogP contribution in [0.2, 0.25) is 0 Å². The van der Waals surface area contributed by atoms with Crippen LogP contribution in [0.15, 0.2) is 72.8 Å². The normalized spacial score (nSPS) is 10.7. The average Bonchev–Trinajstić information content (AvgIpc) is 2.98. The van der Waals surface area contributed by atoms with E-state index in [1.165, 1.54) is 33.3 Å². The van der Waals surface area contributed by atoms with E-state index in [4.69, 9.17) is 10.00 Å². The van der Waals surface area contributed by atoms with Crippen molar-refractivity contribution in [3.8, 4) is 34.2 Å². The number of hydrogen-bond donors (Lipinski definition) is 0. The van der Waals surface area contributed by atoms with Crippen LogP contribution in [-0.4, -0.2) is 11.2 Å². The third-order valence-electron chi connectivity index (χ3n) is 4.99. The fourth-order valence-electron chi connectivity index (χ4n) is 3.80. The third-order valence-corrected chi connectivity index (χ3v) is 4.99. The van der Waals surface area contributed by atoms with Crippen molar-refractivity contribution in [3.05, 3.63) is 78.4 Å². The number of nitriles is 1. The number of rotatable bonds is 4. The fraction of sp³-hybridized carbons (Fsp3) is 0.125. The molecule has 27 heavy (non-hydrogen) atoms. The van der Waals surface area contributed by atoms with E-state index in [-0.39, 0.29) is 6.61 Å². The van der Waals surface area contributed by atoms with Gasteiger partial charge in [-0.05, 0) is 47.4 Å². The molecule has 3 aromatic carbocycles. The Bertz CT molecular complexity index is 1130. The maximum Gasteiger partial charge on any atom is 0.174 e. The van der Waals surface area contributed by atoms with Gasteiger partial charge in [0.1, 0.15) is 11.8 Å². The topological polar surface area (TPSA) is 38.0 Å². The second kappa shape index (κ2) is 7.01. The van der Waals surface area contributed by atoms with Gasteiger partial charge in [0, 0.05) is 18.0 Å². The zero-order chi connectivity index (χ0) is 18.8. The molecule has 0 spiro atoms. The Balaban J connectivity index is 1.87. The van der Waals surface area contributed by atoms with Gasteiger partial charge in [-0.1, -0.05) is 54.6 Å². The molecule has 0 aliphatic carbocycles. The third kappa shape index (κ3) is 2.96. The van der Waals surface area contributed by atoms with Gasteiger partial charge >= 0.3 is 0 Å². The van der Waals surface area contributed by atoms with E-state index in [9.17, 15) is 0 Å². The van der Waals surface area contributed by atoms with Gasteiger partial charge in [-0.15, -0.1) is 0 Å². The predicted molar refractivity (Wildman–Crippen MR) is 110 cm³/mol. The van der Waals surface area contributed by atoms with Crippen LogP contribution in [0.3, 0.4) is 0 Å². The van der Waals surface area contributed by atoms with Gasteiger partial charge in [-0.3, -0.25) is 0 Å². The lowest BCUT2D eigenvalue weighted by Crippen LogP contribution is -1.93. The highest BCUT2D eigenvalue weighted by Crippen LogP contribution is 2.38. The first-order valence-electron chi connectivity index (χ1n) is 8.94. The molecule has 132 valence electrons. The molecular formula is C24H20N2O. The molecule has 0 bridgehead atoms. The number of aromatic nitrogens is 1.